The minimum absolute atomic E-state index is 0.0634. The van der Waals surface area contributed by atoms with E-state index in [9.17, 15) is 4.79 Å². The van der Waals surface area contributed by atoms with Gasteiger partial charge in [0.25, 0.3) is 0 Å². The van der Waals surface area contributed by atoms with E-state index in [1.54, 1.807) is 0 Å². The van der Waals surface area contributed by atoms with Gasteiger partial charge in [-0.15, -0.1) is 0 Å². The Bertz CT molecular complexity index is 160. The van der Waals surface area contributed by atoms with Crippen LogP contribution in [0.25, 0.3) is 0 Å². The summed E-state index contributed by atoms with van der Waals surface area (Å²) in [5.41, 5.74) is 0. The molecule has 0 aliphatic carbocycles. The molecule has 3 heteroatoms. The second-order valence-electron chi connectivity index (χ2n) is 4.06. The van der Waals surface area contributed by atoms with Crippen molar-refractivity contribution < 1.29 is 9.53 Å². The summed E-state index contributed by atoms with van der Waals surface area (Å²) in [6, 6.07) is 0. The van der Waals surface area contributed by atoms with Gasteiger partial charge in [0.15, 0.2) is 0 Å². The monoisotopic (exact) mass is 344 g/mol. The van der Waals surface area contributed by atoms with Crippen LogP contribution in [0.1, 0.15) is 58.3 Å². The molecular weight excluding hydrogens is 316 g/mol. The molecule has 0 aliphatic heterocycles. The Labute approximate surface area is 111 Å². The van der Waals surface area contributed by atoms with E-state index in [1.807, 2.05) is 0 Å². The molecule has 96 valence electrons. The van der Waals surface area contributed by atoms with E-state index in [2.05, 4.69) is 11.7 Å². The minimum atomic E-state index is -0.0634. The molecule has 16 heavy (non-hydrogen) atoms. The molecule has 0 saturated heterocycles. The van der Waals surface area contributed by atoms with Gasteiger partial charge in [-0.05, 0) is 0 Å². The molecule has 0 fully saturated rings. The van der Waals surface area contributed by atoms with Crippen LogP contribution in [0.15, 0.2) is 0 Å². The van der Waals surface area contributed by atoms with Gasteiger partial charge >= 0.3 is 111 Å². The fraction of sp³-hybridized carbons (Fsp3) is 0.923. The van der Waals surface area contributed by atoms with Gasteiger partial charge in [0.05, 0.1) is 0 Å². The molecule has 0 aromatic carbocycles. The van der Waals surface area contributed by atoms with Crippen LogP contribution >= 0.6 is 0 Å². The molecule has 0 N–H and O–H groups in total. The third-order valence-corrected chi connectivity index (χ3v) is 5.84. The molecule has 0 unspecified atom stereocenters. The fourth-order valence-electron chi connectivity index (χ4n) is 1.45. The van der Waals surface area contributed by atoms with E-state index >= 15 is 0 Å². The first kappa shape index (κ1) is 16.3. The van der Waals surface area contributed by atoms with Crippen LogP contribution in [0.5, 0.6) is 0 Å². The van der Waals surface area contributed by atoms with E-state index in [-0.39, 0.29) is 5.97 Å². The van der Waals surface area contributed by atoms with Crippen LogP contribution < -0.4 is 0 Å². The van der Waals surface area contributed by atoms with Gasteiger partial charge in [-0.2, -0.15) is 0 Å². The first-order chi connectivity index (χ1) is 7.81. The van der Waals surface area contributed by atoms with Crippen LogP contribution in [-0.2, 0) is 9.53 Å². The van der Waals surface area contributed by atoms with Crippen LogP contribution in [0.4, 0.5) is 0 Å². The zero-order valence-electron chi connectivity index (χ0n) is 10.8. The summed E-state index contributed by atoms with van der Waals surface area (Å²) < 4.78 is 7.65. The zero-order chi connectivity index (χ0) is 12.1. The number of hydrogen-bond donors (Lipinski definition) is 0. The number of ether oxygens (including phenoxy) is 1. The van der Waals surface area contributed by atoms with E-state index in [0.717, 1.165) is 6.42 Å². The van der Waals surface area contributed by atoms with Crippen molar-refractivity contribution in [2.45, 2.75) is 67.2 Å². The molecule has 0 spiro atoms. The predicted molar refractivity (Wildman–Crippen MR) is 70.0 cm³/mol. The van der Waals surface area contributed by atoms with E-state index in [1.165, 1.54) is 54.6 Å². The van der Waals surface area contributed by atoms with E-state index < -0.39 is 0 Å². The number of carbonyl (C=O) groups is 1. The van der Waals surface area contributed by atoms with E-state index in [0.29, 0.717) is 27.3 Å². The van der Waals surface area contributed by atoms with Gasteiger partial charge in [0.2, 0.25) is 0 Å². The van der Waals surface area contributed by atoms with Crippen molar-refractivity contribution in [3.8, 4) is 0 Å². The van der Waals surface area contributed by atoms with Crippen LogP contribution in [0, 0.1) is 0 Å². The maximum absolute atomic E-state index is 10.8. The van der Waals surface area contributed by atoms with Gasteiger partial charge in [-0.1, -0.05) is 0 Å². The molecule has 0 aromatic heterocycles. The van der Waals surface area contributed by atoms with Crippen molar-refractivity contribution in [2.75, 3.05) is 7.11 Å². The Kier molecular flexibility index (Phi) is 13.5. The van der Waals surface area contributed by atoms with Gasteiger partial charge in [0.1, 0.15) is 0 Å². The van der Waals surface area contributed by atoms with Gasteiger partial charge in [-0.25, -0.2) is 0 Å². The Morgan fingerprint density at radius 3 is 2.31 bits per heavy atom. The van der Waals surface area contributed by atoms with Gasteiger partial charge in [0, 0.05) is 0 Å². The van der Waals surface area contributed by atoms with E-state index in [4.69, 9.17) is 0 Å². The average molecular weight is 342 g/mol. The summed E-state index contributed by atoms with van der Waals surface area (Å²) in [4.78, 5) is 10.8. The molecule has 0 aliphatic rings. The van der Waals surface area contributed by atoms with Crippen molar-refractivity contribution in [1.82, 2.24) is 0 Å². The standard InChI is InChI=1S/C13H26O2Te/c1-3-4-11-16-12-9-7-5-6-8-10-13(14)15-2/h3-12H2,1-2H3. The van der Waals surface area contributed by atoms with Gasteiger partial charge in [-0.3, -0.25) is 0 Å². The van der Waals surface area contributed by atoms with Crippen molar-refractivity contribution >= 4 is 26.9 Å². The third kappa shape index (κ3) is 12.3. The quantitative estimate of drug-likeness (QED) is 0.324. The number of esters is 1. The van der Waals surface area contributed by atoms with Crippen LogP contribution in [0.3, 0.4) is 0 Å². The molecule has 0 saturated carbocycles. The average Bonchev–Trinajstić information content (AvgIpc) is 2.31. The molecule has 0 heterocycles. The molecule has 0 rings (SSSR count). The second-order valence-corrected chi connectivity index (χ2v) is 7.56. The summed E-state index contributed by atoms with van der Waals surface area (Å²) in [6.45, 7) is 2.27. The summed E-state index contributed by atoms with van der Waals surface area (Å²) in [7, 11) is 1.46. The fourth-order valence-corrected chi connectivity index (χ4v) is 4.61. The Balaban J connectivity index is 2.96. The maximum atomic E-state index is 10.8. The Hall–Kier alpha value is 0.260. The molecule has 0 aromatic rings. The van der Waals surface area contributed by atoms with Crippen molar-refractivity contribution in [2.24, 2.45) is 0 Å². The second kappa shape index (κ2) is 13.3. The molecule has 0 amide bonds. The molecular formula is C13H26O2Te. The first-order valence-corrected chi connectivity index (χ1v) is 9.75. The van der Waals surface area contributed by atoms with Gasteiger partial charge < -0.3 is 0 Å². The van der Waals surface area contributed by atoms with Crippen LogP contribution in [0.2, 0.25) is 8.94 Å². The normalized spacial score (nSPS) is 10.4. The number of rotatable bonds is 11. The summed E-state index contributed by atoms with van der Waals surface area (Å²) in [6.07, 6.45) is 9.66. The first-order valence-electron chi connectivity index (χ1n) is 6.45. The summed E-state index contributed by atoms with van der Waals surface area (Å²) >= 11 is 0.342. The topological polar surface area (TPSA) is 26.3 Å². The molecule has 0 atom stereocenters. The Morgan fingerprint density at radius 2 is 1.62 bits per heavy atom. The SMILES string of the molecule is CCCC[Te]CCCCCCCC(=O)OC. The number of methoxy groups -OCH3 is 1. The third-order valence-electron chi connectivity index (χ3n) is 2.54. The van der Waals surface area contributed by atoms with Crippen molar-refractivity contribution in [3.63, 3.8) is 0 Å². The Morgan fingerprint density at radius 1 is 1.00 bits per heavy atom. The summed E-state index contributed by atoms with van der Waals surface area (Å²) in [5, 5.41) is 0. The van der Waals surface area contributed by atoms with Crippen LogP contribution in [-0.4, -0.2) is 34.0 Å². The van der Waals surface area contributed by atoms with Crippen molar-refractivity contribution in [1.29, 1.82) is 0 Å². The van der Waals surface area contributed by atoms with Crippen molar-refractivity contribution in [3.05, 3.63) is 0 Å². The molecule has 0 bridgehead atoms. The zero-order valence-corrected chi connectivity index (χ0v) is 13.1. The molecule has 2 nitrogen and oxygen atoms in total. The number of unbranched alkanes of at least 4 members (excludes halogenated alkanes) is 5. The number of hydrogen-bond acceptors (Lipinski definition) is 2. The summed E-state index contributed by atoms with van der Waals surface area (Å²) in [5.74, 6) is -0.0634. The number of carbonyl (C=O) groups excluding carboxylic acids is 1. The predicted octanol–water partition coefficient (Wildman–Crippen LogP) is 3.84. The molecule has 0 radical (unpaired) electrons.